The number of allylic oxidation sites excluding steroid dienone is 1. The number of carbonyl (C=O) groups is 1. The van der Waals surface area contributed by atoms with Crippen LogP contribution in [0.5, 0.6) is 0 Å². The topological polar surface area (TPSA) is 37.3 Å². The van der Waals surface area contributed by atoms with Crippen LogP contribution in [0.1, 0.15) is 40.0 Å². The molecule has 0 aromatic carbocycles. The highest BCUT2D eigenvalue weighted by atomic mass is 16.4. The summed E-state index contributed by atoms with van der Waals surface area (Å²) >= 11 is 0. The Bertz CT molecular complexity index is 173. The monoisotopic (exact) mass is 184 g/mol. The van der Waals surface area contributed by atoms with Crippen molar-refractivity contribution in [2.75, 3.05) is 0 Å². The molecule has 0 saturated carbocycles. The van der Waals surface area contributed by atoms with Gasteiger partial charge in [0.15, 0.2) is 0 Å². The summed E-state index contributed by atoms with van der Waals surface area (Å²) < 4.78 is 0. The van der Waals surface area contributed by atoms with Gasteiger partial charge in [-0.05, 0) is 24.7 Å². The first kappa shape index (κ1) is 12.2. The van der Waals surface area contributed by atoms with Gasteiger partial charge in [0.2, 0.25) is 0 Å². The first-order valence-corrected chi connectivity index (χ1v) is 4.97. The molecule has 13 heavy (non-hydrogen) atoms. The highest BCUT2D eigenvalue weighted by Crippen LogP contribution is 2.19. The Balaban J connectivity index is 3.58. The zero-order chi connectivity index (χ0) is 10.3. The average Bonchev–Trinajstić information content (AvgIpc) is 2.10. The van der Waals surface area contributed by atoms with Crippen LogP contribution in [0.3, 0.4) is 0 Å². The van der Waals surface area contributed by atoms with Crippen molar-refractivity contribution in [1.29, 1.82) is 0 Å². The normalized spacial score (nSPS) is 15.9. The first-order chi connectivity index (χ1) is 6.07. The van der Waals surface area contributed by atoms with E-state index in [0.29, 0.717) is 5.92 Å². The van der Waals surface area contributed by atoms with Gasteiger partial charge in [-0.15, -0.1) is 0 Å². The molecule has 1 N–H and O–H groups in total. The Morgan fingerprint density at radius 1 is 1.38 bits per heavy atom. The van der Waals surface area contributed by atoms with Gasteiger partial charge in [0, 0.05) is 6.08 Å². The second-order valence-electron chi connectivity index (χ2n) is 3.68. The van der Waals surface area contributed by atoms with Crippen LogP contribution >= 0.6 is 0 Å². The molecule has 0 saturated heterocycles. The van der Waals surface area contributed by atoms with Gasteiger partial charge in [0.05, 0.1) is 0 Å². The lowest BCUT2D eigenvalue weighted by molar-refractivity contribution is -0.131. The summed E-state index contributed by atoms with van der Waals surface area (Å²) in [5, 5.41) is 8.35. The molecule has 2 nitrogen and oxygen atoms in total. The molecule has 0 rings (SSSR count). The van der Waals surface area contributed by atoms with E-state index in [0.717, 1.165) is 18.8 Å². The molecule has 0 aliphatic rings. The van der Waals surface area contributed by atoms with E-state index in [1.54, 1.807) is 6.08 Å². The summed E-state index contributed by atoms with van der Waals surface area (Å²) in [4.78, 5) is 10.1. The highest BCUT2D eigenvalue weighted by Gasteiger charge is 2.08. The minimum atomic E-state index is -0.851. The number of hydrogen-bond donors (Lipinski definition) is 1. The van der Waals surface area contributed by atoms with E-state index in [2.05, 4.69) is 20.8 Å². The minimum Gasteiger partial charge on any atom is -0.478 e. The van der Waals surface area contributed by atoms with Gasteiger partial charge in [-0.2, -0.15) is 0 Å². The van der Waals surface area contributed by atoms with Crippen LogP contribution in [0.15, 0.2) is 12.2 Å². The summed E-state index contributed by atoms with van der Waals surface area (Å²) in [5.41, 5.74) is 0. The standard InChI is InChI=1S/C11H20O2/c1-4-9(2)10(3)7-5-6-8-11(12)13/h6,8-10H,4-5,7H2,1-3H3,(H,12,13). The maximum absolute atomic E-state index is 10.1. The Morgan fingerprint density at radius 3 is 2.46 bits per heavy atom. The third-order valence-electron chi connectivity index (χ3n) is 2.66. The Hall–Kier alpha value is -0.790. The third-order valence-corrected chi connectivity index (χ3v) is 2.66. The van der Waals surface area contributed by atoms with Crippen molar-refractivity contribution in [3.05, 3.63) is 12.2 Å². The second-order valence-corrected chi connectivity index (χ2v) is 3.68. The predicted molar refractivity (Wildman–Crippen MR) is 54.6 cm³/mol. The summed E-state index contributed by atoms with van der Waals surface area (Å²) in [6, 6.07) is 0. The molecule has 0 fully saturated rings. The molecule has 2 unspecified atom stereocenters. The molecule has 0 heterocycles. The summed E-state index contributed by atoms with van der Waals surface area (Å²) in [6.45, 7) is 6.66. The fraction of sp³-hybridized carbons (Fsp3) is 0.727. The maximum Gasteiger partial charge on any atom is 0.327 e. The van der Waals surface area contributed by atoms with Crippen LogP contribution < -0.4 is 0 Å². The lowest BCUT2D eigenvalue weighted by Crippen LogP contribution is -2.05. The van der Waals surface area contributed by atoms with E-state index in [1.807, 2.05) is 0 Å². The van der Waals surface area contributed by atoms with E-state index < -0.39 is 5.97 Å². The van der Waals surface area contributed by atoms with Crippen molar-refractivity contribution in [2.24, 2.45) is 11.8 Å². The quantitative estimate of drug-likeness (QED) is 0.644. The van der Waals surface area contributed by atoms with Gasteiger partial charge in [-0.1, -0.05) is 33.3 Å². The number of rotatable bonds is 6. The van der Waals surface area contributed by atoms with Crippen molar-refractivity contribution in [2.45, 2.75) is 40.0 Å². The maximum atomic E-state index is 10.1. The zero-order valence-corrected chi connectivity index (χ0v) is 8.79. The number of carboxylic acid groups (broad SMARTS) is 1. The van der Waals surface area contributed by atoms with E-state index in [4.69, 9.17) is 5.11 Å². The van der Waals surface area contributed by atoms with E-state index in [1.165, 1.54) is 12.5 Å². The molecule has 0 spiro atoms. The highest BCUT2D eigenvalue weighted by molar-refractivity contribution is 5.79. The van der Waals surface area contributed by atoms with Crippen LogP contribution in [0.2, 0.25) is 0 Å². The molecule has 2 heteroatoms. The van der Waals surface area contributed by atoms with Gasteiger partial charge in [-0.3, -0.25) is 0 Å². The van der Waals surface area contributed by atoms with Gasteiger partial charge >= 0.3 is 5.97 Å². The zero-order valence-electron chi connectivity index (χ0n) is 8.79. The Morgan fingerprint density at radius 2 is 2.00 bits per heavy atom. The van der Waals surface area contributed by atoms with Crippen molar-refractivity contribution < 1.29 is 9.90 Å². The van der Waals surface area contributed by atoms with Crippen LogP contribution in [-0.4, -0.2) is 11.1 Å². The SMILES string of the molecule is CCC(C)C(C)CCC=CC(=O)O. The van der Waals surface area contributed by atoms with E-state index >= 15 is 0 Å². The molecule has 2 atom stereocenters. The van der Waals surface area contributed by atoms with Crippen molar-refractivity contribution in [3.8, 4) is 0 Å². The minimum absolute atomic E-state index is 0.684. The summed E-state index contributed by atoms with van der Waals surface area (Å²) in [5.74, 6) is 0.567. The fourth-order valence-corrected chi connectivity index (χ4v) is 1.23. The van der Waals surface area contributed by atoms with Gasteiger partial charge in [0.25, 0.3) is 0 Å². The van der Waals surface area contributed by atoms with Crippen molar-refractivity contribution >= 4 is 5.97 Å². The molecule has 0 bridgehead atoms. The van der Waals surface area contributed by atoms with E-state index in [9.17, 15) is 4.79 Å². The molecular weight excluding hydrogens is 164 g/mol. The van der Waals surface area contributed by atoms with Crippen LogP contribution in [-0.2, 0) is 4.79 Å². The Kier molecular flexibility index (Phi) is 6.29. The lowest BCUT2D eigenvalue weighted by Gasteiger charge is -2.16. The fourth-order valence-electron chi connectivity index (χ4n) is 1.23. The molecule has 0 aromatic rings. The molecule has 0 radical (unpaired) electrons. The van der Waals surface area contributed by atoms with Gasteiger partial charge < -0.3 is 5.11 Å². The molecular formula is C11H20O2. The van der Waals surface area contributed by atoms with Crippen molar-refractivity contribution in [3.63, 3.8) is 0 Å². The van der Waals surface area contributed by atoms with Gasteiger partial charge in [0.1, 0.15) is 0 Å². The third kappa shape index (κ3) is 6.38. The summed E-state index contributed by atoms with van der Waals surface area (Å²) in [7, 11) is 0. The summed E-state index contributed by atoms with van der Waals surface area (Å²) in [6.07, 6.45) is 6.12. The largest absolute Gasteiger partial charge is 0.478 e. The first-order valence-electron chi connectivity index (χ1n) is 4.97. The molecule has 0 amide bonds. The Labute approximate surface area is 80.7 Å². The predicted octanol–water partition coefficient (Wildman–Crippen LogP) is 3.09. The average molecular weight is 184 g/mol. The smallest absolute Gasteiger partial charge is 0.327 e. The van der Waals surface area contributed by atoms with Crippen LogP contribution in [0, 0.1) is 11.8 Å². The van der Waals surface area contributed by atoms with Crippen molar-refractivity contribution in [1.82, 2.24) is 0 Å². The molecule has 0 aliphatic carbocycles. The van der Waals surface area contributed by atoms with E-state index in [-0.39, 0.29) is 0 Å². The molecule has 76 valence electrons. The van der Waals surface area contributed by atoms with Gasteiger partial charge in [-0.25, -0.2) is 4.79 Å². The van der Waals surface area contributed by atoms with Crippen LogP contribution in [0.4, 0.5) is 0 Å². The molecule has 0 aromatic heterocycles. The number of hydrogen-bond acceptors (Lipinski definition) is 1. The number of aliphatic carboxylic acids is 1. The lowest BCUT2D eigenvalue weighted by atomic mass is 9.90. The molecule has 0 aliphatic heterocycles. The van der Waals surface area contributed by atoms with Crippen LogP contribution in [0.25, 0.3) is 0 Å². The second kappa shape index (κ2) is 6.70. The number of carboxylic acids is 1.